The summed E-state index contributed by atoms with van der Waals surface area (Å²) in [5.41, 5.74) is 3.15. The van der Waals surface area contributed by atoms with Crippen LogP contribution >= 0.6 is 15.9 Å². The summed E-state index contributed by atoms with van der Waals surface area (Å²) >= 11 is 3.43. The molecule has 4 nitrogen and oxygen atoms in total. The van der Waals surface area contributed by atoms with Gasteiger partial charge in [0, 0.05) is 10.0 Å². The third-order valence-electron chi connectivity index (χ3n) is 4.97. The smallest absolute Gasteiger partial charge is 0.235 e. The molecule has 152 valence electrons. The summed E-state index contributed by atoms with van der Waals surface area (Å²) in [4.78, 5) is 13.4. The molecule has 0 amide bonds. The molecule has 0 saturated heterocycles. The minimum absolute atomic E-state index is 0.172. The second-order valence-electron chi connectivity index (χ2n) is 6.92. The molecule has 4 rings (SSSR count). The van der Waals surface area contributed by atoms with Crippen LogP contribution in [0.2, 0.25) is 0 Å². The van der Waals surface area contributed by atoms with Crippen molar-refractivity contribution in [1.29, 1.82) is 0 Å². The Labute approximate surface area is 183 Å². The maximum absolute atomic E-state index is 13.4. The van der Waals surface area contributed by atoms with Crippen LogP contribution in [-0.4, -0.2) is 7.11 Å². The number of benzene rings is 3. The Morgan fingerprint density at radius 1 is 0.933 bits per heavy atom. The van der Waals surface area contributed by atoms with Gasteiger partial charge in [0.15, 0.2) is 5.76 Å². The summed E-state index contributed by atoms with van der Waals surface area (Å²) in [6, 6.07) is 20.9. The molecule has 0 aliphatic rings. The van der Waals surface area contributed by atoms with Gasteiger partial charge in [-0.2, -0.15) is 0 Å². The summed E-state index contributed by atoms with van der Waals surface area (Å²) in [6.07, 6.45) is 0.838. The molecule has 3 aromatic carbocycles. The number of rotatable bonds is 6. The first kappa shape index (κ1) is 20.2. The molecule has 30 heavy (non-hydrogen) atoms. The predicted octanol–water partition coefficient (Wildman–Crippen LogP) is 6.37. The van der Waals surface area contributed by atoms with Crippen molar-refractivity contribution < 1.29 is 13.9 Å². The van der Waals surface area contributed by atoms with Gasteiger partial charge in [-0.25, -0.2) is 0 Å². The minimum atomic E-state index is -0.172. The van der Waals surface area contributed by atoms with Crippen molar-refractivity contribution in [3.63, 3.8) is 0 Å². The lowest BCUT2D eigenvalue weighted by atomic mass is 10.1. The van der Waals surface area contributed by atoms with E-state index in [0.717, 1.165) is 33.3 Å². The van der Waals surface area contributed by atoms with Gasteiger partial charge in [0.05, 0.1) is 12.5 Å². The molecule has 1 heterocycles. The Balaban J connectivity index is 1.83. The fourth-order valence-corrected chi connectivity index (χ4v) is 3.51. The maximum atomic E-state index is 13.4. The standard InChI is InChI=1S/C25H21BrO4/c1-3-16-6-13-22-21(14-16)23(27)25(29-15-17-4-9-19(26)10-5-17)24(30-22)18-7-11-20(28-2)12-8-18/h4-14H,3,15H2,1-2H3. The molecule has 0 saturated carbocycles. The third kappa shape index (κ3) is 4.12. The Morgan fingerprint density at radius 2 is 1.63 bits per heavy atom. The van der Waals surface area contributed by atoms with Gasteiger partial charge in [-0.3, -0.25) is 4.79 Å². The highest BCUT2D eigenvalue weighted by Crippen LogP contribution is 2.32. The molecule has 0 spiro atoms. The molecule has 0 fully saturated rings. The van der Waals surface area contributed by atoms with Crippen LogP contribution < -0.4 is 14.9 Å². The van der Waals surface area contributed by atoms with Gasteiger partial charge in [-0.15, -0.1) is 0 Å². The van der Waals surface area contributed by atoms with E-state index in [0.29, 0.717) is 16.7 Å². The molecule has 0 atom stereocenters. The van der Waals surface area contributed by atoms with Gasteiger partial charge in [0.1, 0.15) is 17.9 Å². The van der Waals surface area contributed by atoms with E-state index in [-0.39, 0.29) is 17.8 Å². The lowest BCUT2D eigenvalue weighted by Crippen LogP contribution is -2.10. The van der Waals surface area contributed by atoms with Gasteiger partial charge < -0.3 is 13.9 Å². The van der Waals surface area contributed by atoms with E-state index < -0.39 is 0 Å². The average Bonchev–Trinajstić information content (AvgIpc) is 2.79. The number of aryl methyl sites for hydroxylation is 1. The summed E-state index contributed by atoms with van der Waals surface area (Å²) in [7, 11) is 1.61. The molecule has 0 bridgehead atoms. The monoisotopic (exact) mass is 464 g/mol. The lowest BCUT2D eigenvalue weighted by molar-refractivity contribution is 0.298. The first-order valence-electron chi connectivity index (χ1n) is 9.70. The van der Waals surface area contributed by atoms with Crippen LogP contribution in [0, 0.1) is 0 Å². The minimum Gasteiger partial charge on any atom is -0.497 e. The molecule has 0 aliphatic carbocycles. The van der Waals surface area contributed by atoms with Crippen molar-refractivity contribution in [2.24, 2.45) is 0 Å². The van der Waals surface area contributed by atoms with Gasteiger partial charge in [-0.05, 0) is 66.1 Å². The van der Waals surface area contributed by atoms with Gasteiger partial charge in [0.2, 0.25) is 11.2 Å². The zero-order valence-electron chi connectivity index (χ0n) is 16.8. The fraction of sp³-hybridized carbons (Fsp3) is 0.160. The van der Waals surface area contributed by atoms with Crippen LogP contribution in [0.15, 0.2) is 80.4 Å². The van der Waals surface area contributed by atoms with E-state index in [2.05, 4.69) is 22.9 Å². The SMILES string of the molecule is CCc1ccc2oc(-c3ccc(OC)cc3)c(OCc3ccc(Br)cc3)c(=O)c2c1. The quantitative estimate of drug-likeness (QED) is 0.332. The van der Waals surface area contributed by atoms with E-state index in [1.165, 1.54) is 0 Å². The lowest BCUT2D eigenvalue weighted by Gasteiger charge is -2.13. The summed E-state index contributed by atoms with van der Waals surface area (Å²) in [5, 5.41) is 0.525. The highest BCUT2D eigenvalue weighted by Gasteiger charge is 2.18. The number of fused-ring (bicyclic) bond motifs is 1. The largest absolute Gasteiger partial charge is 0.497 e. The Kier molecular flexibility index (Phi) is 5.91. The van der Waals surface area contributed by atoms with E-state index in [4.69, 9.17) is 13.9 Å². The average molecular weight is 465 g/mol. The van der Waals surface area contributed by atoms with Crippen molar-refractivity contribution in [2.75, 3.05) is 7.11 Å². The molecular formula is C25H21BrO4. The predicted molar refractivity (Wildman–Crippen MR) is 122 cm³/mol. The Hall–Kier alpha value is -3.05. The zero-order chi connectivity index (χ0) is 21.1. The number of hydrogen-bond donors (Lipinski definition) is 0. The molecule has 1 aromatic heterocycles. The highest BCUT2D eigenvalue weighted by molar-refractivity contribution is 9.10. The van der Waals surface area contributed by atoms with Gasteiger partial charge in [-0.1, -0.05) is 41.1 Å². The third-order valence-corrected chi connectivity index (χ3v) is 5.50. The molecule has 0 radical (unpaired) electrons. The summed E-state index contributed by atoms with van der Waals surface area (Å²) < 4.78 is 18.4. The Morgan fingerprint density at radius 3 is 2.30 bits per heavy atom. The molecular weight excluding hydrogens is 444 g/mol. The van der Waals surface area contributed by atoms with Crippen LogP contribution in [0.5, 0.6) is 11.5 Å². The van der Waals surface area contributed by atoms with Gasteiger partial charge >= 0.3 is 0 Å². The molecule has 0 aliphatic heterocycles. The molecule has 0 unspecified atom stereocenters. The number of methoxy groups -OCH3 is 1. The van der Waals surface area contributed by atoms with Crippen LogP contribution in [0.4, 0.5) is 0 Å². The molecule has 5 heteroatoms. The topological polar surface area (TPSA) is 48.7 Å². The van der Waals surface area contributed by atoms with E-state index in [1.807, 2.05) is 66.7 Å². The van der Waals surface area contributed by atoms with E-state index in [1.54, 1.807) is 7.11 Å². The maximum Gasteiger partial charge on any atom is 0.235 e. The van der Waals surface area contributed by atoms with E-state index in [9.17, 15) is 4.79 Å². The fourth-order valence-electron chi connectivity index (χ4n) is 3.24. The van der Waals surface area contributed by atoms with E-state index >= 15 is 0 Å². The summed E-state index contributed by atoms with van der Waals surface area (Å²) in [6.45, 7) is 2.32. The van der Waals surface area contributed by atoms with Gasteiger partial charge in [0.25, 0.3) is 0 Å². The van der Waals surface area contributed by atoms with Crippen molar-refractivity contribution in [3.8, 4) is 22.8 Å². The van der Waals surface area contributed by atoms with Crippen molar-refractivity contribution in [2.45, 2.75) is 20.0 Å². The van der Waals surface area contributed by atoms with Crippen LogP contribution in [0.25, 0.3) is 22.3 Å². The second kappa shape index (κ2) is 8.76. The highest BCUT2D eigenvalue weighted by atomic mass is 79.9. The first-order valence-corrected chi connectivity index (χ1v) is 10.5. The second-order valence-corrected chi connectivity index (χ2v) is 7.83. The van der Waals surface area contributed by atoms with Crippen LogP contribution in [0.1, 0.15) is 18.1 Å². The van der Waals surface area contributed by atoms with Crippen LogP contribution in [0.3, 0.4) is 0 Å². The van der Waals surface area contributed by atoms with Crippen molar-refractivity contribution in [1.82, 2.24) is 0 Å². The first-order chi connectivity index (χ1) is 14.6. The Bertz CT molecular complexity index is 1230. The van der Waals surface area contributed by atoms with Crippen molar-refractivity contribution in [3.05, 3.63) is 92.6 Å². The normalized spacial score (nSPS) is 10.9. The van der Waals surface area contributed by atoms with Crippen LogP contribution in [-0.2, 0) is 13.0 Å². The number of ether oxygens (including phenoxy) is 2. The summed E-state index contributed by atoms with van der Waals surface area (Å²) in [5.74, 6) is 1.35. The molecule has 4 aromatic rings. The number of hydrogen-bond acceptors (Lipinski definition) is 4. The van der Waals surface area contributed by atoms with Crippen molar-refractivity contribution >= 4 is 26.9 Å². The molecule has 0 N–H and O–H groups in total. The zero-order valence-corrected chi connectivity index (χ0v) is 18.4. The number of halogens is 1.